The van der Waals surface area contributed by atoms with Crippen LogP contribution in [0.2, 0.25) is 0 Å². The number of hydrogen-bond donors (Lipinski definition) is 1. The molecule has 1 aromatic carbocycles. The van der Waals surface area contributed by atoms with Gasteiger partial charge in [-0.15, -0.1) is 11.8 Å². The van der Waals surface area contributed by atoms with Crippen LogP contribution in [-0.4, -0.2) is 25.4 Å². The van der Waals surface area contributed by atoms with Crippen LogP contribution in [0.1, 0.15) is 17.9 Å². The van der Waals surface area contributed by atoms with E-state index < -0.39 is 0 Å². The van der Waals surface area contributed by atoms with Crippen molar-refractivity contribution < 1.29 is 14.3 Å². The molecule has 1 saturated heterocycles. The minimum absolute atomic E-state index is 0.00249. The minimum Gasteiger partial charge on any atom is -0.493 e. The van der Waals surface area contributed by atoms with Crippen molar-refractivity contribution in [2.45, 2.75) is 17.5 Å². The predicted octanol–water partition coefficient (Wildman–Crippen LogP) is 1.95. The molecule has 0 aromatic heterocycles. The molecule has 0 aliphatic carbocycles. The minimum atomic E-state index is -0.00639. The van der Waals surface area contributed by atoms with Crippen LogP contribution >= 0.6 is 11.8 Å². The first-order valence-corrected chi connectivity index (χ1v) is 6.27. The van der Waals surface area contributed by atoms with E-state index in [1.807, 2.05) is 25.1 Å². The van der Waals surface area contributed by atoms with Gasteiger partial charge >= 0.3 is 0 Å². The molecule has 4 nitrogen and oxygen atoms in total. The van der Waals surface area contributed by atoms with Crippen molar-refractivity contribution in [1.29, 1.82) is 0 Å². The fourth-order valence-corrected chi connectivity index (χ4v) is 2.81. The summed E-state index contributed by atoms with van der Waals surface area (Å²) < 4.78 is 10.4. The number of hydrogen-bond acceptors (Lipinski definition) is 4. The van der Waals surface area contributed by atoms with E-state index in [-0.39, 0.29) is 16.5 Å². The van der Waals surface area contributed by atoms with Crippen LogP contribution < -0.4 is 14.8 Å². The molecule has 1 amide bonds. The molecule has 2 atom stereocenters. The lowest BCUT2D eigenvalue weighted by molar-refractivity contribution is -0.119. The molecule has 0 bridgehead atoms. The Morgan fingerprint density at radius 2 is 1.94 bits per heavy atom. The normalized spacial score (nSPS) is 23.4. The summed E-state index contributed by atoms with van der Waals surface area (Å²) in [6.07, 6.45) is 0. The summed E-state index contributed by atoms with van der Waals surface area (Å²) in [7, 11) is 3.20. The standard InChI is InChI=1S/C12H15NO3S/c1-7-11(14)13-12(17-7)8-4-5-9(15-2)10(6-8)16-3/h4-7,12H,1-3H3,(H,13,14)/t7-,12-/m1/s1. The molecule has 1 aromatic rings. The van der Waals surface area contributed by atoms with E-state index in [2.05, 4.69) is 5.32 Å². The number of amides is 1. The first-order chi connectivity index (χ1) is 8.15. The maximum absolute atomic E-state index is 11.4. The van der Waals surface area contributed by atoms with Crippen molar-refractivity contribution in [2.75, 3.05) is 14.2 Å². The second-order valence-corrected chi connectivity index (χ2v) is 5.23. The van der Waals surface area contributed by atoms with Crippen LogP contribution in [-0.2, 0) is 4.79 Å². The Morgan fingerprint density at radius 1 is 1.24 bits per heavy atom. The third-order valence-corrected chi connectivity index (χ3v) is 3.98. The van der Waals surface area contributed by atoms with Gasteiger partial charge in [0.1, 0.15) is 5.37 Å². The first kappa shape index (κ1) is 12.1. The summed E-state index contributed by atoms with van der Waals surface area (Å²) in [4.78, 5) is 11.4. The third-order valence-electron chi connectivity index (χ3n) is 2.69. The molecule has 5 heteroatoms. The number of ether oxygens (including phenoxy) is 2. The first-order valence-electron chi connectivity index (χ1n) is 5.33. The van der Waals surface area contributed by atoms with Gasteiger partial charge in [0.15, 0.2) is 11.5 Å². The lowest BCUT2D eigenvalue weighted by atomic mass is 10.2. The maximum Gasteiger partial charge on any atom is 0.234 e. The number of methoxy groups -OCH3 is 2. The summed E-state index contributed by atoms with van der Waals surface area (Å²) in [6.45, 7) is 1.90. The lowest BCUT2D eigenvalue weighted by Crippen LogP contribution is -2.22. The Hall–Kier alpha value is -1.36. The Kier molecular flexibility index (Phi) is 3.47. The topological polar surface area (TPSA) is 47.6 Å². The molecular weight excluding hydrogens is 238 g/mol. The highest BCUT2D eigenvalue weighted by Crippen LogP contribution is 2.38. The average Bonchev–Trinajstić information content (AvgIpc) is 2.68. The van der Waals surface area contributed by atoms with E-state index in [9.17, 15) is 4.79 Å². The monoisotopic (exact) mass is 253 g/mol. The van der Waals surface area contributed by atoms with Crippen LogP contribution in [0.25, 0.3) is 0 Å². The number of carbonyl (C=O) groups is 1. The smallest absolute Gasteiger partial charge is 0.234 e. The zero-order valence-corrected chi connectivity index (χ0v) is 10.8. The molecule has 0 saturated carbocycles. The van der Waals surface area contributed by atoms with E-state index in [0.29, 0.717) is 11.5 Å². The quantitative estimate of drug-likeness (QED) is 0.894. The third kappa shape index (κ3) is 2.34. The van der Waals surface area contributed by atoms with Gasteiger partial charge in [0.05, 0.1) is 19.5 Å². The Balaban J connectivity index is 2.25. The number of carbonyl (C=O) groups excluding carboxylic acids is 1. The Bertz CT molecular complexity index is 436. The van der Waals surface area contributed by atoms with E-state index in [0.717, 1.165) is 5.56 Å². The molecule has 1 N–H and O–H groups in total. The van der Waals surface area contributed by atoms with Crippen LogP contribution in [0.4, 0.5) is 0 Å². The van der Waals surface area contributed by atoms with Crippen LogP contribution in [0, 0.1) is 0 Å². The molecule has 1 aliphatic rings. The van der Waals surface area contributed by atoms with Crippen LogP contribution in [0.5, 0.6) is 11.5 Å². The van der Waals surface area contributed by atoms with E-state index >= 15 is 0 Å². The van der Waals surface area contributed by atoms with Crippen molar-refractivity contribution in [3.8, 4) is 11.5 Å². The van der Waals surface area contributed by atoms with Crippen LogP contribution in [0.15, 0.2) is 18.2 Å². The van der Waals surface area contributed by atoms with Gasteiger partial charge in [-0.2, -0.15) is 0 Å². The van der Waals surface area contributed by atoms with Gasteiger partial charge in [0.25, 0.3) is 0 Å². The molecule has 2 rings (SSSR count). The van der Waals surface area contributed by atoms with Crippen LogP contribution in [0.3, 0.4) is 0 Å². The molecule has 1 heterocycles. The summed E-state index contributed by atoms with van der Waals surface area (Å²) in [6, 6.07) is 5.69. The number of nitrogens with one attached hydrogen (secondary N) is 1. The van der Waals surface area contributed by atoms with Crippen molar-refractivity contribution >= 4 is 17.7 Å². The molecule has 1 aliphatic heterocycles. The highest BCUT2D eigenvalue weighted by atomic mass is 32.2. The number of rotatable bonds is 3. The SMILES string of the molecule is COc1ccc([C@@H]2NC(=O)[C@@H](C)S2)cc1OC. The molecule has 92 valence electrons. The van der Waals surface area contributed by atoms with Gasteiger partial charge in [-0.05, 0) is 24.6 Å². The van der Waals surface area contributed by atoms with Gasteiger partial charge < -0.3 is 14.8 Å². The molecular formula is C12H15NO3S. The van der Waals surface area contributed by atoms with Crippen molar-refractivity contribution in [2.24, 2.45) is 0 Å². The van der Waals surface area contributed by atoms with Gasteiger partial charge in [-0.1, -0.05) is 6.07 Å². The zero-order chi connectivity index (χ0) is 12.4. The zero-order valence-electron chi connectivity index (χ0n) is 10.0. The largest absolute Gasteiger partial charge is 0.493 e. The maximum atomic E-state index is 11.4. The van der Waals surface area contributed by atoms with Gasteiger partial charge in [-0.25, -0.2) is 0 Å². The highest BCUT2D eigenvalue weighted by molar-refractivity contribution is 8.01. The van der Waals surface area contributed by atoms with Gasteiger partial charge in [0.2, 0.25) is 5.91 Å². The summed E-state index contributed by atoms with van der Waals surface area (Å²) in [5.41, 5.74) is 1.02. The molecule has 0 radical (unpaired) electrons. The van der Waals surface area contributed by atoms with E-state index in [1.54, 1.807) is 26.0 Å². The Labute approximate surface area is 105 Å². The lowest BCUT2D eigenvalue weighted by Gasteiger charge is -2.13. The highest BCUT2D eigenvalue weighted by Gasteiger charge is 2.30. The average molecular weight is 253 g/mol. The fraction of sp³-hybridized carbons (Fsp3) is 0.417. The van der Waals surface area contributed by atoms with E-state index in [4.69, 9.17) is 9.47 Å². The van der Waals surface area contributed by atoms with Crippen molar-refractivity contribution in [3.63, 3.8) is 0 Å². The number of thioether (sulfide) groups is 1. The molecule has 17 heavy (non-hydrogen) atoms. The number of benzene rings is 1. The Morgan fingerprint density at radius 3 is 2.47 bits per heavy atom. The summed E-state index contributed by atoms with van der Waals surface area (Å²) in [5, 5.41) is 2.93. The molecule has 1 fully saturated rings. The molecule has 0 spiro atoms. The van der Waals surface area contributed by atoms with Gasteiger partial charge in [0, 0.05) is 0 Å². The second-order valence-electron chi connectivity index (χ2n) is 3.78. The molecule has 0 unspecified atom stereocenters. The summed E-state index contributed by atoms with van der Waals surface area (Å²) in [5.74, 6) is 1.45. The summed E-state index contributed by atoms with van der Waals surface area (Å²) >= 11 is 1.60. The van der Waals surface area contributed by atoms with Gasteiger partial charge in [-0.3, -0.25) is 4.79 Å². The van der Waals surface area contributed by atoms with E-state index in [1.165, 1.54) is 0 Å². The fourth-order valence-electron chi connectivity index (χ4n) is 1.72. The van der Waals surface area contributed by atoms with Crippen molar-refractivity contribution in [3.05, 3.63) is 23.8 Å². The second kappa shape index (κ2) is 4.87. The predicted molar refractivity (Wildman–Crippen MR) is 67.5 cm³/mol. The van der Waals surface area contributed by atoms with Crippen molar-refractivity contribution in [1.82, 2.24) is 5.32 Å².